The molecule has 0 amide bonds. The van der Waals surface area contributed by atoms with Crippen LogP contribution in [-0.4, -0.2) is 38.7 Å². The van der Waals surface area contributed by atoms with Crippen molar-refractivity contribution in [3.63, 3.8) is 0 Å². The summed E-state index contributed by atoms with van der Waals surface area (Å²) in [5, 5.41) is 0. The van der Waals surface area contributed by atoms with Gasteiger partial charge in [0.2, 0.25) is 0 Å². The molecule has 6 nitrogen and oxygen atoms in total. The molecule has 26 heavy (non-hydrogen) atoms. The van der Waals surface area contributed by atoms with Gasteiger partial charge >= 0.3 is 5.97 Å². The standard InChI is InChI=1S/C19H17BrO6/c1-23-16-5-4-13(9-14(16)20)19(22)26-11-15(21)12-3-6-17-18(10-12)25-8-2-7-24-17/h3-6,9-10H,2,7-8,11H2,1H3. The number of Topliss-reactive ketones (excluding diaryl/α,β-unsaturated/α-hetero) is 1. The number of benzene rings is 2. The fourth-order valence-corrected chi connectivity index (χ4v) is 2.97. The summed E-state index contributed by atoms with van der Waals surface area (Å²) >= 11 is 3.31. The van der Waals surface area contributed by atoms with Gasteiger partial charge in [0.15, 0.2) is 23.9 Å². The lowest BCUT2D eigenvalue weighted by atomic mass is 10.1. The third-order valence-corrected chi connectivity index (χ3v) is 4.41. The van der Waals surface area contributed by atoms with E-state index in [1.807, 2.05) is 0 Å². The average Bonchev–Trinajstić information content (AvgIpc) is 2.90. The van der Waals surface area contributed by atoms with Crippen LogP contribution in [0.15, 0.2) is 40.9 Å². The minimum atomic E-state index is -0.587. The largest absolute Gasteiger partial charge is 0.496 e. The number of fused-ring (bicyclic) bond motifs is 1. The molecule has 3 rings (SSSR count). The Morgan fingerprint density at radius 3 is 2.50 bits per heavy atom. The summed E-state index contributed by atoms with van der Waals surface area (Å²) in [6, 6.07) is 9.74. The molecule has 0 fully saturated rings. The molecule has 1 heterocycles. The maximum absolute atomic E-state index is 12.3. The maximum Gasteiger partial charge on any atom is 0.338 e. The van der Waals surface area contributed by atoms with Gasteiger partial charge in [-0.1, -0.05) is 0 Å². The molecule has 7 heteroatoms. The van der Waals surface area contributed by atoms with Gasteiger partial charge in [0.25, 0.3) is 0 Å². The van der Waals surface area contributed by atoms with Gasteiger partial charge in [-0.2, -0.15) is 0 Å². The molecule has 0 atom stereocenters. The van der Waals surface area contributed by atoms with Crippen LogP contribution < -0.4 is 14.2 Å². The van der Waals surface area contributed by atoms with Gasteiger partial charge in [0, 0.05) is 12.0 Å². The summed E-state index contributed by atoms with van der Waals surface area (Å²) in [4.78, 5) is 24.4. The fourth-order valence-electron chi connectivity index (χ4n) is 2.43. The highest BCUT2D eigenvalue weighted by atomic mass is 79.9. The zero-order valence-corrected chi connectivity index (χ0v) is 15.7. The van der Waals surface area contributed by atoms with Gasteiger partial charge in [0.05, 0.1) is 30.4 Å². The number of rotatable bonds is 5. The summed E-state index contributed by atoms with van der Waals surface area (Å²) in [7, 11) is 1.53. The number of carbonyl (C=O) groups is 2. The molecule has 0 radical (unpaired) electrons. The molecule has 0 unspecified atom stereocenters. The third-order valence-electron chi connectivity index (χ3n) is 3.79. The van der Waals surface area contributed by atoms with Crippen LogP contribution in [0.25, 0.3) is 0 Å². The van der Waals surface area contributed by atoms with Crippen LogP contribution in [0.3, 0.4) is 0 Å². The number of ether oxygens (including phenoxy) is 4. The van der Waals surface area contributed by atoms with E-state index in [1.165, 1.54) is 7.11 Å². The van der Waals surface area contributed by atoms with Crippen molar-refractivity contribution in [2.24, 2.45) is 0 Å². The zero-order valence-electron chi connectivity index (χ0n) is 14.1. The molecular formula is C19H17BrO6. The maximum atomic E-state index is 12.3. The molecule has 2 aromatic rings. The first-order chi connectivity index (χ1) is 12.6. The van der Waals surface area contributed by atoms with Gasteiger partial charge in [0.1, 0.15) is 5.75 Å². The van der Waals surface area contributed by atoms with Crippen molar-refractivity contribution in [1.29, 1.82) is 0 Å². The van der Waals surface area contributed by atoms with Gasteiger partial charge < -0.3 is 18.9 Å². The SMILES string of the molecule is COc1ccc(C(=O)OCC(=O)c2ccc3c(c2)OCCCO3)cc1Br. The predicted octanol–water partition coefficient (Wildman–Crippen LogP) is 3.66. The van der Waals surface area contributed by atoms with Gasteiger partial charge in [-0.05, 0) is 52.3 Å². The second-order valence-corrected chi connectivity index (χ2v) is 6.41. The summed E-state index contributed by atoms with van der Waals surface area (Å²) in [5.41, 5.74) is 0.724. The van der Waals surface area contributed by atoms with Crippen LogP contribution in [0.5, 0.6) is 17.2 Å². The summed E-state index contributed by atoms with van der Waals surface area (Å²) in [6.07, 6.45) is 0.785. The van der Waals surface area contributed by atoms with Crippen molar-refractivity contribution in [3.8, 4) is 17.2 Å². The van der Waals surface area contributed by atoms with Crippen molar-refractivity contribution in [1.82, 2.24) is 0 Å². The van der Waals surface area contributed by atoms with Crippen LogP contribution in [0, 0.1) is 0 Å². The Kier molecular flexibility index (Phi) is 5.78. The number of methoxy groups -OCH3 is 1. The second kappa shape index (κ2) is 8.23. The Labute approximate surface area is 159 Å². The number of ketones is 1. The Hall–Kier alpha value is -2.54. The predicted molar refractivity (Wildman–Crippen MR) is 97.4 cm³/mol. The highest BCUT2D eigenvalue weighted by Crippen LogP contribution is 2.30. The van der Waals surface area contributed by atoms with E-state index < -0.39 is 5.97 Å². The van der Waals surface area contributed by atoms with Crippen molar-refractivity contribution in [2.45, 2.75) is 6.42 Å². The Balaban J connectivity index is 1.64. The highest BCUT2D eigenvalue weighted by Gasteiger charge is 2.17. The summed E-state index contributed by atoms with van der Waals surface area (Å²) < 4.78 is 22.0. The van der Waals surface area contributed by atoms with Crippen molar-refractivity contribution < 1.29 is 28.5 Å². The number of carbonyl (C=O) groups excluding carboxylic acids is 2. The highest BCUT2D eigenvalue weighted by molar-refractivity contribution is 9.10. The fraction of sp³-hybridized carbons (Fsp3) is 0.263. The monoisotopic (exact) mass is 420 g/mol. The number of hydrogen-bond acceptors (Lipinski definition) is 6. The van der Waals surface area contributed by atoms with E-state index in [0.717, 1.165) is 6.42 Å². The van der Waals surface area contributed by atoms with E-state index in [2.05, 4.69) is 15.9 Å². The first kappa shape index (κ1) is 18.3. The molecule has 136 valence electrons. The molecule has 0 spiro atoms. The Morgan fingerprint density at radius 1 is 1.04 bits per heavy atom. The number of halogens is 1. The molecule has 0 saturated heterocycles. The molecule has 2 aromatic carbocycles. The molecule has 0 N–H and O–H groups in total. The van der Waals surface area contributed by atoms with E-state index in [1.54, 1.807) is 36.4 Å². The summed E-state index contributed by atoms with van der Waals surface area (Å²) in [6.45, 7) is 0.753. The van der Waals surface area contributed by atoms with Crippen molar-refractivity contribution in [3.05, 3.63) is 52.0 Å². The topological polar surface area (TPSA) is 71.1 Å². The summed E-state index contributed by atoms with van der Waals surface area (Å²) in [5.74, 6) is 0.834. The van der Waals surface area contributed by atoms with E-state index in [9.17, 15) is 9.59 Å². The van der Waals surface area contributed by atoms with E-state index in [4.69, 9.17) is 18.9 Å². The van der Waals surface area contributed by atoms with Gasteiger partial charge in [-0.25, -0.2) is 4.79 Å². The van der Waals surface area contributed by atoms with E-state index >= 15 is 0 Å². The number of hydrogen-bond donors (Lipinski definition) is 0. The lowest BCUT2D eigenvalue weighted by Crippen LogP contribution is -2.14. The minimum Gasteiger partial charge on any atom is -0.496 e. The van der Waals surface area contributed by atoms with E-state index in [0.29, 0.717) is 46.1 Å². The molecule has 0 aromatic heterocycles. The normalized spacial score (nSPS) is 12.8. The van der Waals surface area contributed by atoms with Crippen LogP contribution >= 0.6 is 15.9 Å². The molecule has 0 aliphatic carbocycles. The first-order valence-corrected chi connectivity index (χ1v) is 8.81. The molecular weight excluding hydrogens is 404 g/mol. The molecule has 1 aliphatic heterocycles. The van der Waals surface area contributed by atoms with Gasteiger partial charge in [-0.15, -0.1) is 0 Å². The molecule has 0 bridgehead atoms. The Morgan fingerprint density at radius 2 is 1.77 bits per heavy atom. The lowest BCUT2D eigenvalue weighted by molar-refractivity contribution is 0.0474. The second-order valence-electron chi connectivity index (χ2n) is 5.56. The molecule has 0 saturated carbocycles. The van der Waals surface area contributed by atoms with Crippen LogP contribution in [0.4, 0.5) is 0 Å². The lowest BCUT2D eigenvalue weighted by Gasteiger charge is -2.09. The van der Waals surface area contributed by atoms with Crippen LogP contribution in [-0.2, 0) is 4.74 Å². The zero-order chi connectivity index (χ0) is 18.5. The first-order valence-electron chi connectivity index (χ1n) is 8.02. The van der Waals surface area contributed by atoms with Crippen LogP contribution in [0.2, 0.25) is 0 Å². The number of esters is 1. The van der Waals surface area contributed by atoms with Crippen molar-refractivity contribution >= 4 is 27.7 Å². The van der Waals surface area contributed by atoms with E-state index in [-0.39, 0.29) is 12.4 Å². The molecule has 1 aliphatic rings. The van der Waals surface area contributed by atoms with Gasteiger partial charge in [-0.3, -0.25) is 4.79 Å². The average molecular weight is 421 g/mol. The van der Waals surface area contributed by atoms with Crippen LogP contribution in [0.1, 0.15) is 27.1 Å². The van der Waals surface area contributed by atoms with Crippen molar-refractivity contribution in [2.75, 3.05) is 26.9 Å². The quantitative estimate of drug-likeness (QED) is 0.542. The smallest absolute Gasteiger partial charge is 0.338 e. The third kappa shape index (κ3) is 4.16. The minimum absolute atomic E-state index is 0.318. The Bertz CT molecular complexity index is 833.